The predicted octanol–water partition coefficient (Wildman–Crippen LogP) is -2.03. The van der Waals surface area contributed by atoms with E-state index in [9.17, 15) is 29.4 Å². The number of carboxylic acid groups (broad SMARTS) is 1. The first-order chi connectivity index (χ1) is 14.6. The minimum absolute atomic E-state index is 0.0504. The third-order valence-corrected chi connectivity index (χ3v) is 5.25. The van der Waals surface area contributed by atoms with Crippen molar-refractivity contribution in [2.75, 3.05) is 13.2 Å². The van der Waals surface area contributed by atoms with Crippen LogP contribution in [-0.4, -0.2) is 86.1 Å². The summed E-state index contributed by atoms with van der Waals surface area (Å²) < 4.78 is 0. The molecule has 1 saturated heterocycles. The molecule has 0 aromatic carbocycles. The molecule has 0 radical (unpaired) electrons. The summed E-state index contributed by atoms with van der Waals surface area (Å²) in [5.41, 5.74) is 6.43. The van der Waals surface area contributed by atoms with Crippen molar-refractivity contribution in [2.24, 2.45) is 11.7 Å². The van der Waals surface area contributed by atoms with Gasteiger partial charge in [0.1, 0.15) is 18.1 Å². The molecule has 2 rings (SSSR count). The Morgan fingerprint density at radius 3 is 2.55 bits per heavy atom. The number of aromatic amines is 1. The topological polar surface area (TPSA) is 191 Å². The van der Waals surface area contributed by atoms with Crippen LogP contribution in [0.25, 0.3) is 0 Å². The van der Waals surface area contributed by atoms with E-state index in [1.54, 1.807) is 0 Å². The summed E-state index contributed by atoms with van der Waals surface area (Å²) in [6, 6.07) is -4.21. The van der Waals surface area contributed by atoms with Gasteiger partial charge in [-0.25, -0.2) is 9.78 Å². The lowest BCUT2D eigenvalue weighted by Gasteiger charge is -2.29. The van der Waals surface area contributed by atoms with Gasteiger partial charge in [0.2, 0.25) is 17.7 Å². The number of amides is 3. The zero-order chi connectivity index (χ0) is 23.1. The quantitative estimate of drug-likeness (QED) is 0.241. The van der Waals surface area contributed by atoms with Crippen LogP contribution >= 0.6 is 0 Å². The summed E-state index contributed by atoms with van der Waals surface area (Å²) in [5, 5.41) is 23.7. The zero-order valence-electron chi connectivity index (χ0n) is 17.6. The van der Waals surface area contributed by atoms with Gasteiger partial charge in [-0.3, -0.25) is 14.4 Å². The fourth-order valence-electron chi connectivity index (χ4n) is 3.33. The molecule has 4 unspecified atom stereocenters. The Labute approximate surface area is 179 Å². The molecule has 2 heterocycles. The Hall–Kier alpha value is -2.99. The summed E-state index contributed by atoms with van der Waals surface area (Å²) in [4.78, 5) is 57.2. The molecule has 1 aliphatic heterocycles. The van der Waals surface area contributed by atoms with Crippen molar-refractivity contribution in [3.8, 4) is 0 Å². The van der Waals surface area contributed by atoms with Crippen molar-refractivity contribution in [3.63, 3.8) is 0 Å². The van der Waals surface area contributed by atoms with Gasteiger partial charge in [0.05, 0.1) is 19.0 Å². The maximum absolute atomic E-state index is 12.7. The molecule has 1 aliphatic rings. The van der Waals surface area contributed by atoms with E-state index in [1.165, 1.54) is 17.4 Å². The van der Waals surface area contributed by atoms with E-state index in [4.69, 9.17) is 5.73 Å². The molecule has 1 aromatic heterocycles. The second kappa shape index (κ2) is 10.9. The summed E-state index contributed by atoms with van der Waals surface area (Å²) in [5.74, 6) is -3.17. The van der Waals surface area contributed by atoms with Crippen molar-refractivity contribution in [2.45, 2.75) is 57.3 Å². The Morgan fingerprint density at radius 2 is 2.00 bits per heavy atom. The van der Waals surface area contributed by atoms with Crippen molar-refractivity contribution in [3.05, 3.63) is 18.2 Å². The molecule has 3 amide bonds. The number of hydrogen-bond acceptors (Lipinski definition) is 7. The van der Waals surface area contributed by atoms with Gasteiger partial charge in [0.25, 0.3) is 0 Å². The van der Waals surface area contributed by atoms with Crippen LogP contribution in [0.2, 0.25) is 0 Å². The number of carbonyl (C=O) groups excluding carboxylic acids is 3. The average molecular weight is 438 g/mol. The molecule has 12 nitrogen and oxygen atoms in total. The summed E-state index contributed by atoms with van der Waals surface area (Å²) in [6.45, 7) is 3.25. The molecule has 1 fully saturated rings. The SMILES string of the molecule is CC(C)C(N)C(=O)N1CCCC1C(=O)NC(CO)C(=O)NC(Cc1cnc[nH]1)C(=O)O. The Kier molecular flexibility index (Phi) is 8.51. The molecule has 0 bridgehead atoms. The van der Waals surface area contributed by atoms with E-state index in [0.29, 0.717) is 25.1 Å². The highest BCUT2D eigenvalue weighted by Gasteiger charge is 2.38. The number of carboxylic acids is 1. The molecule has 4 atom stereocenters. The monoisotopic (exact) mass is 438 g/mol. The van der Waals surface area contributed by atoms with Gasteiger partial charge >= 0.3 is 5.97 Å². The number of aliphatic hydroxyl groups is 1. The molecular weight excluding hydrogens is 408 g/mol. The third kappa shape index (κ3) is 6.25. The minimum atomic E-state index is -1.37. The fourth-order valence-corrected chi connectivity index (χ4v) is 3.33. The molecule has 0 saturated carbocycles. The Bertz CT molecular complexity index is 783. The van der Waals surface area contributed by atoms with E-state index in [2.05, 4.69) is 20.6 Å². The first kappa shape index (κ1) is 24.3. The van der Waals surface area contributed by atoms with Crippen LogP contribution in [-0.2, 0) is 25.6 Å². The zero-order valence-corrected chi connectivity index (χ0v) is 17.6. The van der Waals surface area contributed by atoms with Crippen molar-refractivity contribution in [1.29, 1.82) is 0 Å². The molecule has 0 aliphatic carbocycles. The third-order valence-electron chi connectivity index (χ3n) is 5.25. The molecular formula is C19H30N6O6. The Morgan fingerprint density at radius 1 is 1.29 bits per heavy atom. The predicted molar refractivity (Wildman–Crippen MR) is 108 cm³/mol. The van der Waals surface area contributed by atoms with Crippen LogP contribution in [0, 0.1) is 5.92 Å². The number of rotatable bonds is 10. The van der Waals surface area contributed by atoms with Gasteiger partial charge in [-0.1, -0.05) is 13.8 Å². The largest absolute Gasteiger partial charge is 0.480 e. The second-order valence-electron chi connectivity index (χ2n) is 7.88. The number of imidazole rings is 1. The van der Waals surface area contributed by atoms with E-state index in [0.717, 1.165) is 0 Å². The highest BCUT2D eigenvalue weighted by atomic mass is 16.4. The smallest absolute Gasteiger partial charge is 0.326 e. The maximum atomic E-state index is 12.7. The maximum Gasteiger partial charge on any atom is 0.326 e. The van der Waals surface area contributed by atoms with Crippen molar-refractivity contribution >= 4 is 23.7 Å². The van der Waals surface area contributed by atoms with Gasteiger partial charge in [-0.2, -0.15) is 0 Å². The number of H-pyrrole nitrogens is 1. The average Bonchev–Trinajstić information content (AvgIpc) is 3.41. The van der Waals surface area contributed by atoms with Gasteiger partial charge in [0.15, 0.2) is 0 Å². The lowest BCUT2D eigenvalue weighted by atomic mass is 10.0. The number of nitrogens with one attached hydrogen (secondary N) is 3. The molecule has 172 valence electrons. The van der Waals surface area contributed by atoms with Crippen LogP contribution < -0.4 is 16.4 Å². The van der Waals surface area contributed by atoms with Crippen LogP contribution in [0.1, 0.15) is 32.4 Å². The molecule has 1 aromatic rings. The highest BCUT2D eigenvalue weighted by Crippen LogP contribution is 2.20. The van der Waals surface area contributed by atoms with Gasteiger partial charge in [-0.05, 0) is 18.8 Å². The fraction of sp³-hybridized carbons (Fsp3) is 0.632. The Balaban J connectivity index is 2.01. The number of carbonyl (C=O) groups is 4. The van der Waals surface area contributed by atoms with E-state index in [-0.39, 0.29) is 18.2 Å². The number of hydrogen-bond donors (Lipinski definition) is 6. The van der Waals surface area contributed by atoms with Crippen molar-refractivity contribution < 1.29 is 29.4 Å². The standard InChI is InChI=1S/C19H30N6O6/c1-10(2)15(20)18(29)25-5-3-4-14(25)17(28)24-13(8-26)16(27)23-12(19(30)31)6-11-7-21-9-22-11/h7,9-10,12-15,26H,3-6,8,20H2,1-2H3,(H,21,22)(H,23,27)(H,24,28)(H,30,31). The van der Waals surface area contributed by atoms with Crippen molar-refractivity contribution in [1.82, 2.24) is 25.5 Å². The minimum Gasteiger partial charge on any atom is -0.480 e. The van der Waals surface area contributed by atoms with Crippen LogP contribution in [0.3, 0.4) is 0 Å². The number of nitrogens with two attached hydrogens (primary N) is 1. The van der Waals surface area contributed by atoms with Gasteiger partial charge in [0, 0.05) is 24.9 Å². The molecule has 31 heavy (non-hydrogen) atoms. The number of aliphatic carboxylic acids is 1. The first-order valence-electron chi connectivity index (χ1n) is 10.1. The second-order valence-corrected chi connectivity index (χ2v) is 7.88. The lowest BCUT2D eigenvalue weighted by molar-refractivity contribution is -0.143. The molecule has 0 spiro atoms. The molecule has 12 heteroatoms. The van der Waals surface area contributed by atoms with Gasteiger partial charge < -0.3 is 36.5 Å². The van der Waals surface area contributed by atoms with Crippen LogP contribution in [0.15, 0.2) is 12.5 Å². The number of aliphatic hydroxyl groups excluding tert-OH is 1. The number of likely N-dealkylation sites (tertiary alicyclic amines) is 1. The van der Waals surface area contributed by atoms with Gasteiger partial charge in [-0.15, -0.1) is 0 Å². The summed E-state index contributed by atoms with van der Waals surface area (Å²) >= 11 is 0. The van der Waals surface area contributed by atoms with E-state index >= 15 is 0 Å². The number of nitrogens with zero attached hydrogens (tertiary/aromatic N) is 2. The van der Waals surface area contributed by atoms with E-state index < -0.39 is 48.6 Å². The molecule has 7 N–H and O–H groups in total. The summed E-state index contributed by atoms with van der Waals surface area (Å²) in [6.07, 6.45) is 3.77. The van der Waals surface area contributed by atoms with E-state index in [1.807, 2.05) is 13.8 Å². The normalized spacial score (nSPS) is 19.0. The van der Waals surface area contributed by atoms with Crippen LogP contribution in [0.4, 0.5) is 0 Å². The first-order valence-corrected chi connectivity index (χ1v) is 10.1. The number of aromatic nitrogens is 2. The summed E-state index contributed by atoms with van der Waals surface area (Å²) in [7, 11) is 0. The highest BCUT2D eigenvalue weighted by molar-refractivity contribution is 5.94. The van der Waals surface area contributed by atoms with Crippen LogP contribution in [0.5, 0.6) is 0 Å². The lowest BCUT2D eigenvalue weighted by Crippen LogP contribution is -2.58.